The Morgan fingerprint density at radius 3 is 2.52 bits per heavy atom. The number of fused-ring (bicyclic) bond motifs is 1. The van der Waals surface area contributed by atoms with E-state index in [1.807, 2.05) is 60.1 Å². The molecule has 2 aromatic carbocycles. The smallest absolute Gasteiger partial charge is 0.272 e. The fourth-order valence-electron chi connectivity index (χ4n) is 2.69. The van der Waals surface area contributed by atoms with E-state index >= 15 is 0 Å². The number of nitrogens with zero attached hydrogens (tertiary/aromatic N) is 1. The molecule has 0 spiro atoms. The van der Waals surface area contributed by atoms with Crippen molar-refractivity contribution in [3.05, 3.63) is 59.8 Å². The van der Waals surface area contributed by atoms with Gasteiger partial charge in [-0.1, -0.05) is 19.1 Å². The lowest BCUT2D eigenvalue weighted by molar-refractivity contribution is 0.102. The van der Waals surface area contributed by atoms with Crippen LogP contribution in [0, 0.1) is 0 Å². The summed E-state index contributed by atoms with van der Waals surface area (Å²) in [5, 5.41) is 3.93. The number of hydrogen-bond acceptors (Lipinski definition) is 2. The van der Waals surface area contributed by atoms with Crippen LogP contribution >= 0.6 is 0 Å². The van der Waals surface area contributed by atoms with E-state index in [1.54, 1.807) is 7.11 Å². The van der Waals surface area contributed by atoms with Crippen molar-refractivity contribution in [2.75, 3.05) is 12.4 Å². The molecule has 0 radical (unpaired) electrons. The van der Waals surface area contributed by atoms with Crippen LogP contribution in [-0.4, -0.2) is 17.6 Å². The number of benzene rings is 2. The van der Waals surface area contributed by atoms with E-state index in [0.29, 0.717) is 5.69 Å². The molecule has 4 heteroatoms. The minimum absolute atomic E-state index is 0.119. The SMILES string of the molecule is CCc1ccc(NC(=O)c2cc3cc(OC)ccc3n2C)cc1. The Labute approximate surface area is 135 Å². The van der Waals surface area contributed by atoms with Gasteiger partial charge in [-0.05, 0) is 48.4 Å². The van der Waals surface area contributed by atoms with Gasteiger partial charge >= 0.3 is 0 Å². The lowest BCUT2D eigenvalue weighted by Crippen LogP contribution is -2.15. The molecule has 0 aliphatic heterocycles. The second-order valence-electron chi connectivity index (χ2n) is 5.52. The molecule has 0 fully saturated rings. The normalized spacial score (nSPS) is 10.7. The highest BCUT2D eigenvalue weighted by Gasteiger charge is 2.14. The summed E-state index contributed by atoms with van der Waals surface area (Å²) in [5.74, 6) is 0.664. The Balaban J connectivity index is 1.89. The van der Waals surface area contributed by atoms with Crippen LogP contribution < -0.4 is 10.1 Å². The number of carbonyl (C=O) groups is 1. The quantitative estimate of drug-likeness (QED) is 0.791. The zero-order valence-electron chi connectivity index (χ0n) is 13.6. The topological polar surface area (TPSA) is 43.3 Å². The van der Waals surface area contributed by atoms with E-state index in [1.165, 1.54) is 5.56 Å². The molecule has 1 amide bonds. The molecule has 1 heterocycles. The largest absolute Gasteiger partial charge is 0.497 e. The average molecular weight is 308 g/mol. The van der Waals surface area contributed by atoms with Gasteiger partial charge in [0, 0.05) is 23.6 Å². The van der Waals surface area contributed by atoms with Crippen LogP contribution in [0.5, 0.6) is 5.75 Å². The molecule has 0 bridgehead atoms. The number of ether oxygens (including phenoxy) is 1. The summed E-state index contributed by atoms with van der Waals surface area (Å²) < 4.78 is 7.13. The molecule has 0 saturated heterocycles. The summed E-state index contributed by atoms with van der Waals surface area (Å²) in [6.45, 7) is 2.11. The molecule has 1 aromatic heterocycles. The van der Waals surface area contributed by atoms with Crippen LogP contribution in [0.1, 0.15) is 23.0 Å². The van der Waals surface area contributed by atoms with Gasteiger partial charge < -0.3 is 14.6 Å². The Hall–Kier alpha value is -2.75. The van der Waals surface area contributed by atoms with Crippen molar-refractivity contribution in [3.8, 4) is 5.75 Å². The van der Waals surface area contributed by atoms with Crippen molar-refractivity contribution in [3.63, 3.8) is 0 Å². The standard InChI is InChI=1S/C19H20N2O2/c1-4-13-5-7-15(8-6-13)20-19(22)18-12-14-11-16(23-3)9-10-17(14)21(18)2/h5-12H,4H2,1-3H3,(H,20,22). The van der Waals surface area contributed by atoms with Gasteiger partial charge in [0.2, 0.25) is 0 Å². The molecule has 0 aliphatic carbocycles. The van der Waals surface area contributed by atoms with E-state index in [0.717, 1.165) is 28.8 Å². The van der Waals surface area contributed by atoms with Gasteiger partial charge in [-0.2, -0.15) is 0 Å². The van der Waals surface area contributed by atoms with Crippen molar-refractivity contribution < 1.29 is 9.53 Å². The number of amides is 1. The maximum atomic E-state index is 12.6. The summed E-state index contributed by atoms with van der Waals surface area (Å²) in [6, 6.07) is 15.6. The Morgan fingerprint density at radius 1 is 1.13 bits per heavy atom. The highest BCUT2D eigenvalue weighted by atomic mass is 16.5. The maximum absolute atomic E-state index is 12.6. The van der Waals surface area contributed by atoms with Crippen LogP contribution in [-0.2, 0) is 13.5 Å². The number of rotatable bonds is 4. The second-order valence-corrected chi connectivity index (χ2v) is 5.52. The molecule has 0 saturated carbocycles. The third kappa shape index (κ3) is 2.93. The van der Waals surface area contributed by atoms with Gasteiger partial charge in [-0.25, -0.2) is 0 Å². The van der Waals surface area contributed by atoms with E-state index in [9.17, 15) is 4.79 Å². The van der Waals surface area contributed by atoms with Crippen LogP contribution in [0.25, 0.3) is 10.9 Å². The minimum atomic E-state index is -0.119. The first-order valence-corrected chi connectivity index (χ1v) is 7.66. The Morgan fingerprint density at radius 2 is 1.87 bits per heavy atom. The third-order valence-corrected chi connectivity index (χ3v) is 4.10. The number of carbonyl (C=O) groups excluding carboxylic acids is 1. The first kappa shape index (κ1) is 15.2. The third-order valence-electron chi connectivity index (χ3n) is 4.10. The summed E-state index contributed by atoms with van der Waals surface area (Å²) in [6.07, 6.45) is 0.985. The molecule has 3 aromatic rings. The van der Waals surface area contributed by atoms with Gasteiger partial charge in [-0.3, -0.25) is 4.79 Å². The van der Waals surface area contributed by atoms with Gasteiger partial charge in [0.25, 0.3) is 5.91 Å². The zero-order valence-corrected chi connectivity index (χ0v) is 13.6. The molecule has 23 heavy (non-hydrogen) atoms. The first-order valence-electron chi connectivity index (χ1n) is 7.66. The molecular formula is C19H20N2O2. The minimum Gasteiger partial charge on any atom is -0.497 e. The molecule has 118 valence electrons. The predicted octanol–water partition coefficient (Wildman–Crippen LogP) is 4.00. The highest BCUT2D eigenvalue weighted by molar-refractivity contribution is 6.06. The number of anilines is 1. The Bertz CT molecular complexity index is 848. The van der Waals surface area contributed by atoms with Crippen LogP contribution in [0.3, 0.4) is 0 Å². The van der Waals surface area contributed by atoms with Crippen molar-refractivity contribution in [1.82, 2.24) is 4.57 Å². The van der Waals surface area contributed by atoms with Crippen LogP contribution in [0.4, 0.5) is 5.69 Å². The monoisotopic (exact) mass is 308 g/mol. The molecule has 3 rings (SSSR count). The maximum Gasteiger partial charge on any atom is 0.272 e. The summed E-state index contributed by atoms with van der Waals surface area (Å²) in [4.78, 5) is 12.6. The van der Waals surface area contributed by atoms with Gasteiger partial charge in [0.15, 0.2) is 0 Å². The fourth-order valence-corrected chi connectivity index (χ4v) is 2.69. The molecule has 0 aliphatic rings. The van der Waals surface area contributed by atoms with Crippen molar-refractivity contribution >= 4 is 22.5 Å². The summed E-state index contributed by atoms with van der Waals surface area (Å²) >= 11 is 0. The molecule has 0 atom stereocenters. The summed E-state index contributed by atoms with van der Waals surface area (Å²) in [7, 11) is 3.53. The number of aromatic nitrogens is 1. The molecule has 1 N–H and O–H groups in total. The second kappa shape index (κ2) is 6.16. The van der Waals surface area contributed by atoms with Crippen LogP contribution in [0.15, 0.2) is 48.5 Å². The van der Waals surface area contributed by atoms with Crippen LogP contribution in [0.2, 0.25) is 0 Å². The lowest BCUT2D eigenvalue weighted by Gasteiger charge is -2.07. The molecule has 0 unspecified atom stereocenters. The van der Waals surface area contributed by atoms with Gasteiger partial charge in [0.1, 0.15) is 11.4 Å². The molecule has 4 nitrogen and oxygen atoms in total. The Kier molecular flexibility index (Phi) is 4.06. The van der Waals surface area contributed by atoms with E-state index in [-0.39, 0.29) is 5.91 Å². The van der Waals surface area contributed by atoms with Gasteiger partial charge in [-0.15, -0.1) is 0 Å². The van der Waals surface area contributed by atoms with Crippen molar-refractivity contribution in [2.24, 2.45) is 7.05 Å². The van der Waals surface area contributed by atoms with Gasteiger partial charge in [0.05, 0.1) is 7.11 Å². The highest BCUT2D eigenvalue weighted by Crippen LogP contribution is 2.24. The molecular weight excluding hydrogens is 288 g/mol. The number of aryl methyl sites for hydroxylation is 2. The predicted molar refractivity (Wildman–Crippen MR) is 93.2 cm³/mol. The summed E-state index contributed by atoms with van der Waals surface area (Å²) in [5.41, 5.74) is 3.67. The van der Waals surface area contributed by atoms with Crippen molar-refractivity contribution in [2.45, 2.75) is 13.3 Å². The number of nitrogens with one attached hydrogen (secondary N) is 1. The zero-order chi connectivity index (χ0) is 16.4. The number of hydrogen-bond donors (Lipinski definition) is 1. The van der Waals surface area contributed by atoms with E-state index in [2.05, 4.69) is 12.2 Å². The average Bonchev–Trinajstić information content (AvgIpc) is 2.92. The fraction of sp³-hybridized carbons (Fsp3) is 0.211. The van der Waals surface area contributed by atoms with E-state index in [4.69, 9.17) is 4.74 Å². The number of methoxy groups -OCH3 is 1. The lowest BCUT2D eigenvalue weighted by atomic mass is 10.1. The first-order chi connectivity index (χ1) is 11.1. The van der Waals surface area contributed by atoms with E-state index < -0.39 is 0 Å². The van der Waals surface area contributed by atoms with Crippen molar-refractivity contribution in [1.29, 1.82) is 0 Å².